The third-order valence-electron chi connectivity index (χ3n) is 6.58. The minimum absolute atomic E-state index is 0.142. The first-order valence-corrected chi connectivity index (χ1v) is 11.2. The number of benzene rings is 1. The molecule has 0 radical (unpaired) electrons. The van der Waals surface area contributed by atoms with E-state index in [2.05, 4.69) is 66.3 Å². The Kier molecular flexibility index (Phi) is 4.69. The topological polar surface area (TPSA) is 144 Å². The maximum Gasteiger partial charge on any atom is 0.316 e. The summed E-state index contributed by atoms with van der Waals surface area (Å²) < 4.78 is 6.40. The third-order valence-corrected chi connectivity index (χ3v) is 6.58. The van der Waals surface area contributed by atoms with Gasteiger partial charge in [-0.1, -0.05) is 5.16 Å². The molecule has 6 rings (SSSR count). The normalized spacial score (nSPS) is 20.0. The van der Waals surface area contributed by atoms with Gasteiger partial charge in [-0.15, -0.1) is 0 Å². The van der Waals surface area contributed by atoms with Gasteiger partial charge in [0.1, 0.15) is 12.0 Å². The van der Waals surface area contributed by atoms with E-state index in [4.69, 9.17) is 10.3 Å². The zero-order valence-electron chi connectivity index (χ0n) is 18.8. The van der Waals surface area contributed by atoms with Crippen molar-refractivity contribution in [2.75, 3.05) is 23.3 Å². The molecule has 1 aromatic carbocycles. The minimum atomic E-state index is -0.803. The molecule has 2 bridgehead atoms. The maximum absolute atomic E-state index is 11.3. The molecule has 2 fully saturated rings. The fourth-order valence-corrected chi connectivity index (χ4v) is 5.01. The molecule has 1 amide bonds. The van der Waals surface area contributed by atoms with Gasteiger partial charge in [0, 0.05) is 42.6 Å². The number of carbonyl (C=O) groups excluding carboxylic acids is 1. The molecule has 2 saturated heterocycles. The fraction of sp³-hybridized carbons (Fsp3) is 0.364. The highest BCUT2D eigenvalue weighted by Crippen LogP contribution is 2.36. The summed E-state index contributed by atoms with van der Waals surface area (Å²) in [5.74, 6) is -0.417. The number of fused-ring (bicyclic) bond motifs is 3. The summed E-state index contributed by atoms with van der Waals surface area (Å²) >= 11 is 0. The van der Waals surface area contributed by atoms with E-state index in [1.165, 1.54) is 29.1 Å². The number of hydrogen-bond acceptors (Lipinski definition) is 10. The van der Waals surface area contributed by atoms with Gasteiger partial charge in [-0.2, -0.15) is 10.1 Å². The molecule has 34 heavy (non-hydrogen) atoms. The van der Waals surface area contributed by atoms with Crippen LogP contribution in [-0.2, 0) is 0 Å². The van der Waals surface area contributed by atoms with Gasteiger partial charge in [0.25, 0.3) is 0 Å². The number of nitrogens with zero attached hydrogens (tertiary/aromatic N) is 8. The Hall–Kier alpha value is -4.06. The molecule has 0 saturated carbocycles. The van der Waals surface area contributed by atoms with Crippen LogP contribution < -0.4 is 16.0 Å². The van der Waals surface area contributed by atoms with E-state index in [-0.39, 0.29) is 11.7 Å². The maximum atomic E-state index is 11.3. The van der Waals surface area contributed by atoms with E-state index in [0.717, 1.165) is 18.8 Å². The number of nitrogens with one attached hydrogen (secondary N) is 1. The molecular weight excluding hydrogens is 436 g/mol. The Labute approximate surface area is 194 Å². The van der Waals surface area contributed by atoms with E-state index < -0.39 is 5.91 Å². The number of primary amides is 1. The van der Waals surface area contributed by atoms with Crippen molar-refractivity contribution in [3.63, 3.8) is 0 Å². The number of piperazine rings is 1. The van der Waals surface area contributed by atoms with Gasteiger partial charge in [-0.3, -0.25) is 9.69 Å². The van der Waals surface area contributed by atoms with Crippen LogP contribution in [0, 0.1) is 0 Å². The average Bonchev–Trinajstić information content (AvgIpc) is 3.63. The second kappa shape index (κ2) is 7.76. The number of anilines is 3. The molecule has 3 aromatic heterocycles. The summed E-state index contributed by atoms with van der Waals surface area (Å²) in [6.45, 7) is 6.76. The highest BCUT2D eigenvalue weighted by Gasteiger charge is 2.43. The molecule has 4 aromatic rings. The van der Waals surface area contributed by atoms with Crippen LogP contribution in [0.2, 0.25) is 0 Å². The van der Waals surface area contributed by atoms with Crippen LogP contribution in [-0.4, -0.2) is 71.7 Å². The summed E-state index contributed by atoms with van der Waals surface area (Å²) in [5, 5.41) is 11.3. The quantitative estimate of drug-likeness (QED) is 0.436. The van der Waals surface area contributed by atoms with Crippen molar-refractivity contribution in [3.8, 4) is 11.5 Å². The molecule has 12 heteroatoms. The zero-order valence-corrected chi connectivity index (χ0v) is 18.8. The van der Waals surface area contributed by atoms with Crippen molar-refractivity contribution in [1.82, 2.24) is 34.6 Å². The number of amides is 1. The molecule has 12 nitrogen and oxygen atoms in total. The van der Waals surface area contributed by atoms with Crippen LogP contribution >= 0.6 is 0 Å². The van der Waals surface area contributed by atoms with Gasteiger partial charge in [-0.05, 0) is 44.5 Å². The van der Waals surface area contributed by atoms with E-state index in [1.807, 2.05) is 12.1 Å². The minimum Gasteiger partial charge on any atom is -0.366 e. The van der Waals surface area contributed by atoms with Gasteiger partial charge in [0.05, 0.1) is 6.20 Å². The van der Waals surface area contributed by atoms with Gasteiger partial charge in [0.15, 0.2) is 11.5 Å². The van der Waals surface area contributed by atoms with E-state index in [0.29, 0.717) is 35.3 Å². The first-order chi connectivity index (χ1) is 16.5. The summed E-state index contributed by atoms with van der Waals surface area (Å²) in [6, 6.07) is 10.2. The van der Waals surface area contributed by atoms with Gasteiger partial charge in [0.2, 0.25) is 5.82 Å². The Morgan fingerprint density at radius 1 is 1.18 bits per heavy atom. The van der Waals surface area contributed by atoms with Crippen molar-refractivity contribution < 1.29 is 9.32 Å². The van der Waals surface area contributed by atoms with Crippen molar-refractivity contribution in [3.05, 3.63) is 42.7 Å². The van der Waals surface area contributed by atoms with Crippen molar-refractivity contribution in [1.29, 1.82) is 0 Å². The lowest BCUT2D eigenvalue weighted by Gasteiger charge is -2.37. The highest BCUT2D eigenvalue weighted by atomic mass is 16.5. The van der Waals surface area contributed by atoms with Crippen molar-refractivity contribution >= 4 is 28.7 Å². The third kappa shape index (κ3) is 3.34. The number of carbonyl (C=O) groups is 1. The highest BCUT2D eigenvalue weighted by molar-refractivity contribution is 5.88. The predicted molar refractivity (Wildman–Crippen MR) is 124 cm³/mol. The molecule has 2 aliphatic heterocycles. The largest absolute Gasteiger partial charge is 0.366 e. The van der Waals surface area contributed by atoms with Gasteiger partial charge >= 0.3 is 11.8 Å². The van der Waals surface area contributed by atoms with E-state index >= 15 is 0 Å². The number of nitrogens with two attached hydrogens (primary N) is 1. The number of aromatic nitrogens is 6. The van der Waals surface area contributed by atoms with Crippen molar-refractivity contribution in [2.45, 2.75) is 38.4 Å². The standard InChI is InChI=1S/C22H24N10O2/c1-12(2)30-9-16-7-15(30)10-31(16)14-5-3-13(4-6-14)27-20-21-25-11-26-32(21)17(8-24-20)19-28-22(18(23)33)34-29-19/h3-6,8,11-12,15-16H,7,9-10H2,1-2H3,(H2,23,33)(H,24,27)/t15-,16-/m0/s1. The lowest BCUT2D eigenvalue weighted by atomic mass is 10.2. The first-order valence-electron chi connectivity index (χ1n) is 11.2. The second-order valence-electron chi connectivity index (χ2n) is 8.93. The zero-order chi connectivity index (χ0) is 23.4. The molecule has 5 heterocycles. The second-order valence-corrected chi connectivity index (χ2v) is 8.93. The van der Waals surface area contributed by atoms with Gasteiger partial charge < -0.3 is 20.5 Å². The van der Waals surface area contributed by atoms with Crippen LogP contribution in [0.25, 0.3) is 17.2 Å². The number of rotatable bonds is 6. The summed E-state index contributed by atoms with van der Waals surface area (Å²) in [7, 11) is 0. The smallest absolute Gasteiger partial charge is 0.316 e. The molecule has 0 spiro atoms. The van der Waals surface area contributed by atoms with Gasteiger partial charge in [-0.25, -0.2) is 14.5 Å². The average molecular weight is 461 g/mol. The van der Waals surface area contributed by atoms with Crippen LogP contribution in [0.15, 0.2) is 41.3 Å². The Bertz CT molecular complexity index is 1360. The molecule has 0 unspecified atom stereocenters. The summed E-state index contributed by atoms with van der Waals surface area (Å²) in [4.78, 5) is 29.2. The van der Waals surface area contributed by atoms with E-state index in [9.17, 15) is 4.79 Å². The van der Waals surface area contributed by atoms with Crippen LogP contribution in [0.1, 0.15) is 31.0 Å². The monoisotopic (exact) mass is 460 g/mol. The molecule has 3 N–H and O–H groups in total. The lowest BCUT2D eigenvalue weighted by molar-refractivity contribution is 0.0958. The lowest BCUT2D eigenvalue weighted by Crippen LogP contribution is -2.48. The van der Waals surface area contributed by atoms with Crippen LogP contribution in [0.5, 0.6) is 0 Å². The fourth-order valence-electron chi connectivity index (χ4n) is 5.01. The SMILES string of the molecule is CC(C)N1C[C@@H]2C[C@H]1CN2c1ccc(Nc2ncc(-c3noc(C(N)=O)n3)n3ncnc23)cc1. The molecule has 2 aliphatic rings. The van der Waals surface area contributed by atoms with Crippen LogP contribution in [0.3, 0.4) is 0 Å². The van der Waals surface area contributed by atoms with Crippen molar-refractivity contribution in [2.24, 2.45) is 5.73 Å². The number of likely N-dealkylation sites (tertiary alicyclic amines) is 1. The van der Waals surface area contributed by atoms with E-state index in [1.54, 1.807) is 0 Å². The Morgan fingerprint density at radius 3 is 2.68 bits per heavy atom. The Morgan fingerprint density at radius 2 is 2.00 bits per heavy atom. The first kappa shape index (κ1) is 20.5. The summed E-state index contributed by atoms with van der Waals surface area (Å²) in [5.41, 5.74) is 8.22. The van der Waals surface area contributed by atoms with Crippen LogP contribution in [0.4, 0.5) is 17.2 Å². The predicted octanol–water partition coefficient (Wildman–Crippen LogP) is 1.69. The summed E-state index contributed by atoms with van der Waals surface area (Å²) in [6.07, 6.45) is 4.18. The molecule has 2 atom stereocenters. The molecule has 0 aliphatic carbocycles. The Balaban J connectivity index is 1.21. The molecule has 174 valence electrons. The molecular formula is C22H24N10O2. The number of hydrogen-bond donors (Lipinski definition) is 2.